The average Bonchev–Trinajstić information content (AvgIpc) is 3.14. The first kappa shape index (κ1) is 22.4. The van der Waals surface area contributed by atoms with E-state index in [1.807, 2.05) is 50.2 Å². The van der Waals surface area contributed by atoms with Gasteiger partial charge in [0.05, 0.1) is 17.1 Å². The van der Waals surface area contributed by atoms with Gasteiger partial charge < -0.3 is 4.74 Å². The average molecular weight is 466 g/mol. The molecule has 0 saturated carbocycles. The molecule has 0 amide bonds. The fraction of sp³-hybridized carbons (Fsp3) is 0.174. The molecule has 10 heteroatoms. The van der Waals surface area contributed by atoms with Gasteiger partial charge in [-0.05, 0) is 62.4 Å². The summed E-state index contributed by atoms with van der Waals surface area (Å²) in [6.45, 7) is 3.83. The predicted octanol–water partition coefficient (Wildman–Crippen LogP) is 2.82. The van der Waals surface area contributed by atoms with Gasteiger partial charge >= 0.3 is 0 Å². The van der Waals surface area contributed by atoms with Crippen LogP contribution in [-0.2, 0) is 16.6 Å². The predicted molar refractivity (Wildman–Crippen MR) is 123 cm³/mol. The standard InChI is InChI=1S/C23H23N5O4S/c1-17-16-18(2)28(25-17)22-12-13-23(29)27(26-22)15-14-24-33(30,31)21-10-8-20(9-11-21)32-19-6-4-3-5-7-19/h3-13,16,24H,14-15H2,1-2H3. The van der Waals surface area contributed by atoms with E-state index < -0.39 is 10.0 Å². The molecular weight excluding hydrogens is 442 g/mol. The lowest BCUT2D eigenvalue weighted by atomic mass is 10.3. The molecule has 0 saturated heterocycles. The monoisotopic (exact) mass is 465 g/mol. The summed E-state index contributed by atoms with van der Waals surface area (Å²) < 4.78 is 36.3. The minimum absolute atomic E-state index is 0.00191. The SMILES string of the molecule is Cc1cc(C)n(-c2ccc(=O)n(CCNS(=O)(=O)c3ccc(Oc4ccccc4)cc3)n2)n1. The van der Waals surface area contributed by atoms with Gasteiger partial charge in [-0.1, -0.05) is 18.2 Å². The Kier molecular flexibility index (Phi) is 6.38. The van der Waals surface area contributed by atoms with E-state index in [-0.39, 0.29) is 23.5 Å². The molecule has 0 atom stereocenters. The molecule has 33 heavy (non-hydrogen) atoms. The number of hydrogen-bond donors (Lipinski definition) is 1. The van der Waals surface area contributed by atoms with Gasteiger partial charge in [0.25, 0.3) is 5.56 Å². The number of rotatable bonds is 8. The highest BCUT2D eigenvalue weighted by Gasteiger charge is 2.14. The lowest BCUT2D eigenvalue weighted by Gasteiger charge is -2.10. The molecule has 2 aromatic heterocycles. The molecule has 4 rings (SSSR count). The first-order valence-corrected chi connectivity index (χ1v) is 11.7. The van der Waals surface area contributed by atoms with E-state index >= 15 is 0 Å². The van der Waals surface area contributed by atoms with Crippen LogP contribution in [0.4, 0.5) is 0 Å². The Morgan fingerprint density at radius 2 is 1.61 bits per heavy atom. The normalized spacial score (nSPS) is 11.5. The minimum atomic E-state index is -3.76. The maximum absolute atomic E-state index is 12.6. The van der Waals surface area contributed by atoms with E-state index in [1.165, 1.54) is 22.9 Å². The van der Waals surface area contributed by atoms with Crippen molar-refractivity contribution in [3.63, 3.8) is 0 Å². The van der Waals surface area contributed by atoms with E-state index in [2.05, 4.69) is 14.9 Å². The number of benzene rings is 2. The van der Waals surface area contributed by atoms with Gasteiger partial charge in [-0.15, -0.1) is 5.10 Å². The third kappa shape index (κ3) is 5.36. The van der Waals surface area contributed by atoms with Crippen LogP contribution in [0.5, 0.6) is 11.5 Å². The van der Waals surface area contributed by atoms with Crippen LogP contribution in [0.25, 0.3) is 5.82 Å². The number of sulfonamides is 1. The number of ether oxygens (including phenoxy) is 1. The van der Waals surface area contributed by atoms with Crippen molar-refractivity contribution in [3.8, 4) is 17.3 Å². The summed E-state index contributed by atoms with van der Waals surface area (Å²) in [5, 5.41) is 8.67. The zero-order valence-electron chi connectivity index (χ0n) is 18.2. The van der Waals surface area contributed by atoms with Crippen LogP contribution in [0.15, 0.2) is 82.5 Å². The van der Waals surface area contributed by atoms with Gasteiger partial charge in [0.1, 0.15) is 11.5 Å². The molecule has 0 unspecified atom stereocenters. The largest absolute Gasteiger partial charge is 0.457 e. The van der Waals surface area contributed by atoms with Gasteiger partial charge in [-0.3, -0.25) is 4.79 Å². The van der Waals surface area contributed by atoms with Crippen LogP contribution in [0, 0.1) is 13.8 Å². The second-order valence-corrected chi connectivity index (χ2v) is 9.14. The van der Waals surface area contributed by atoms with Crippen LogP contribution in [0.2, 0.25) is 0 Å². The van der Waals surface area contributed by atoms with E-state index in [0.29, 0.717) is 17.3 Å². The zero-order valence-corrected chi connectivity index (χ0v) is 19.0. The smallest absolute Gasteiger partial charge is 0.266 e. The fourth-order valence-corrected chi connectivity index (χ4v) is 4.27. The summed E-state index contributed by atoms with van der Waals surface area (Å²) in [4.78, 5) is 12.3. The molecule has 170 valence electrons. The number of aromatic nitrogens is 4. The Morgan fingerprint density at radius 3 is 2.27 bits per heavy atom. The van der Waals surface area contributed by atoms with Crippen molar-refractivity contribution in [1.82, 2.24) is 24.3 Å². The van der Waals surface area contributed by atoms with E-state index in [1.54, 1.807) is 22.9 Å². The quantitative estimate of drug-likeness (QED) is 0.429. The Bertz CT molecular complexity index is 1410. The second kappa shape index (κ2) is 9.39. The van der Waals surface area contributed by atoms with Gasteiger partial charge in [0.2, 0.25) is 10.0 Å². The molecule has 0 bridgehead atoms. The van der Waals surface area contributed by atoms with Crippen LogP contribution in [0.3, 0.4) is 0 Å². The molecule has 0 aliphatic carbocycles. The third-order valence-electron chi connectivity index (χ3n) is 4.81. The topological polar surface area (TPSA) is 108 Å². The zero-order chi connectivity index (χ0) is 23.4. The molecule has 0 spiro atoms. The Hall–Kier alpha value is -3.76. The fourth-order valence-electron chi connectivity index (χ4n) is 3.25. The molecule has 2 aromatic carbocycles. The minimum Gasteiger partial charge on any atom is -0.457 e. The highest BCUT2D eigenvalue weighted by molar-refractivity contribution is 7.89. The summed E-state index contributed by atoms with van der Waals surface area (Å²) in [5.41, 5.74) is 1.38. The van der Waals surface area contributed by atoms with Crippen molar-refractivity contribution in [1.29, 1.82) is 0 Å². The first-order valence-electron chi connectivity index (χ1n) is 10.3. The third-order valence-corrected chi connectivity index (χ3v) is 6.28. The summed E-state index contributed by atoms with van der Waals surface area (Å²) in [7, 11) is -3.76. The summed E-state index contributed by atoms with van der Waals surface area (Å²) in [6.07, 6.45) is 0. The molecular formula is C23H23N5O4S. The number of aryl methyl sites for hydroxylation is 2. The lowest BCUT2D eigenvalue weighted by molar-refractivity contribution is 0.482. The van der Waals surface area contributed by atoms with Crippen LogP contribution in [0.1, 0.15) is 11.4 Å². The van der Waals surface area contributed by atoms with Crippen molar-refractivity contribution in [2.75, 3.05) is 6.54 Å². The Balaban J connectivity index is 1.41. The van der Waals surface area contributed by atoms with Gasteiger partial charge in [0.15, 0.2) is 5.82 Å². The molecule has 9 nitrogen and oxygen atoms in total. The van der Waals surface area contributed by atoms with Crippen LogP contribution < -0.4 is 15.0 Å². The molecule has 1 N–H and O–H groups in total. The van der Waals surface area contributed by atoms with E-state index in [0.717, 1.165) is 11.4 Å². The van der Waals surface area contributed by atoms with Crippen molar-refractivity contribution in [2.24, 2.45) is 0 Å². The summed E-state index contributed by atoms with van der Waals surface area (Å²) in [5.74, 6) is 1.67. The highest BCUT2D eigenvalue weighted by Crippen LogP contribution is 2.22. The van der Waals surface area contributed by atoms with Crippen molar-refractivity contribution in [3.05, 3.63) is 94.5 Å². The van der Waals surface area contributed by atoms with Crippen molar-refractivity contribution in [2.45, 2.75) is 25.3 Å². The summed E-state index contributed by atoms with van der Waals surface area (Å²) >= 11 is 0. The maximum atomic E-state index is 12.6. The van der Waals surface area contributed by atoms with Gasteiger partial charge in [-0.2, -0.15) is 5.10 Å². The number of para-hydroxylation sites is 1. The number of nitrogens with one attached hydrogen (secondary N) is 1. The summed E-state index contributed by atoms with van der Waals surface area (Å²) in [6, 6.07) is 20.2. The molecule has 4 aromatic rings. The number of nitrogens with zero attached hydrogens (tertiary/aromatic N) is 4. The molecule has 2 heterocycles. The molecule has 0 fully saturated rings. The van der Waals surface area contributed by atoms with Gasteiger partial charge in [0, 0.05) is 18.3 Å². The maximum Gasteiger partial charge on any atom is 0.266 e. The van der Waals surface area contributed by atoms with E-state index in [4.69, 9.17) is 4.74 Å². The lowest BCUT2D eigenvalue weighted by Crippen LogP contribution is -2.32. The molecule has 0 aliphatic heterocycles. The van der Waals surface area contributed by atoms with Crippen LogP contribution in [-0.4, -0.2) is 34.5 Å². The van der Waals surface area contributed by atoms with E-state index in [9.17, 15) is 13.2 Å². The van der Waals surface area contributed by atoms with Crippen molar-refractivity contribution < 1.29 is 13.2 Å². The van der Waals surface area contributed by atoms with Crippen LogP contribution >= 0.6 is 0 Å². The number of hydrogen-bond acceptors (Lipinski definition) is 6. The Morgan fingerprint density at radius 1 is 0.909 bits per heavy atom. The van der Waals surface area contributed by atoms with Gasteiger partial charge in [-0.25, -0.2) is 22.5 Å². The first-order chi connectivity index (χ1) is 15.8. The highest BCUT2D eigenvalue weighted by atomic mass is 32.2. The van der Waals surface area contributed by atoms with Crippen molar-refractivity contribution >= 4 is 10.0 Å². The molecule has 0 aliphatic rings. The Labute approximate surface area is 191 Å². The second-order valence-electron chi connectivity index (χ2n) is 7.38. The molecule has 0 radical (unpaired) electrons.